The van der Waals surface area contributed by atoms with Gasteiger partial charge in [-0.3, -0.25) is 4.79 Å². The molecule has 0 aliphatic carbocycles. The van der Waals surface area contributed by atoms with E-state index in [1.165, 1.54) is 17.4 Å². The zero-order valence-corrected chi connectivity index (χ0v) is 21.4. The maximum Gasteiger partial charge on any atom is 0.341 e. The zero-order valence-electron chi connectivity index (χ0n) is 20.6. The number of rotatable bonds is 10. The van der Waals surface area contributed by atoms with Gasteiger partial charge in [0, 0.05) is 17.0 Å². The summed E-state index contributed by atoms with van der Waals surface area (Å²) in [6.07, 6.45) is 3.14. The second-order valence-electron chi connectivity index (χ2n) is 7.97. The summed E-state index contributed by atoms with van der Waals surface area (Å²) < 4.78 is 16.3. The highest BCUT2D eigenvalue weighted by atomic mass is 32.1. The molecule has 0 unspecified atom stereocenters. The van der Waals surface area contributed by atoms with E-state index in [1.807, 2.05) is 84.2 Å². The summed E-state index contributed by atoms with van der Waals surface area (Å²) in [4.78, 5) is 25.4. The van der Waals surface area contributed by atoms with E-state index < -0.39 is 5.97 Å². The molecule has 7 heteroatoms. The minimum atomic E-state index is -0.486. The molecule has 0 atom stereocenters. The van der Waals surface area contributed by atoms with Crippen LogP contribution in [0.2, 0.25) is 0 Å². The Labute approximate surface area is 220 Å². The number of amides is 1. The van der Waals surface area contributed by atoms with Crippen LogP contribution in [0.25, 0.3) is 17.2 Å². The molecular formula is C30H27NO5S. The Morgan fingerprint density at radius 1 is 0.919 bits per heavy atom. The second-order valence-corrected chi connectivity index (χ2v) is 8.85. The highest BCUT2D eigenvalue weighted by Crippen LogP contribution is 2.37. The summed E-state index contributed by atoms with van der Waals surface area (Å²) in [6.45, 7) is 2.46. The molecule has 6 nitrogen and oxygen atoms in total. The summed E-state index contributed by atoms with van der Waals surface area (Å²) in [5.74, 6) is 0.623. The van der Waals surface area contributed by atoms with Gasteiger partial charge >= 0.3 is 5.97 Å². The Morgan fingerprint density at radius 2 is 1.62 bits per heavy atom. The van der Waals surface area contributed by atoms with Crippen LogP contribution in [0.1, 0.15) is 28.4 Å². The number of hydrogen-bond donors (Lipinski definition) is 1. The predicted molar refractivity (Wildman–Crippen MR) is 147 cm³/mol. The van der Waals surface area contributed by atoms with Crippen LogP contribution in [-0.2, 0) is 16.1 Å². The van der Waals surface area contributed by atoms with Gasteiger partial charge in [-0.1, -0.05) is 54.6 Å². The molecule has 0 radical (unpaired) electrons. The van der Waals surface area contributed by atoms with E-state index in [0.29, 0.717) is 28.5 Å². The fourth-order valence-electron chi connectivity index (χ4n) is 3.58. The summed E-state index contributed by atoms with van der Waals surface area (Å²) in [6, 6.07) is 24.8. The lowest BCUT2D eigenvalue weighted by atomic mass is 10.0. The van der Waals surface area contributed by atoms with Crippen molar-refractivity contribution in [3.63, 3.8) is 0 Å². The van der Waals surface area contributed by atoms with Crippen LogP contribution in [0.5, 0.6) is 11.5 Å². The molecule has 4 rings (SSSR count). The SMILES string of the molecule is CCOC(=O)c1c(-c2ccc(OC)cc2)csc1NC(=O)C=Cc1ccc(OCc2ccccc2)cc1. The average molecular weight is 514 g/mol. The van der Waals surface area contributed by atoms with Gasteiger partial charge in [0.1, 0.15) is 28.7 Å². The second kappa shape index (κ2) is 12.6. The molecule has 1 heterocycles. The third kappa shape index (κ3) is 6.86. The number of carbonyl (C=O) groups is 2. The van der Waals surface area contributed by atoms with Crippen molar-refractivity contribution < 1.29 is 23.8 Å². The van der Waals surface area contributed by atoms with Crippen molar-refractivity contribution in [1.82, 2.24) is 0 Å². The molecule has 0 saturated carbocycles. The molecule has 0 spiro atoms. The number of ether oxygens (including phenoxy) is 3. The number of anilines is 1. The predicted octanol–water partition coefficient (Wildman–Crippen LogP) is 6.83. The standard InChI is InChI=1S/C30H27NO5S/c1-3-35-30(33)28-26(23-12-16-24(34-2)17-13-23)20-37-29(28)31-27(32)18-11-21-9-14-25(15-10-21)36-19-22-7-5-4-6-8-22/h4-18,20H,3,19H2,1-2H3,(H,31,32). The summed E-state index contributed by atoms with van der Waals surface area (Å²) >= 11 is 1.28. The first kappa shape index (κ1) is 25.7. The molecule has 0 aliphatic heterocycles. The molecule has 3 aromatic carbocycles. The van der Waals surface area contributed by atoms with Gasteiger partial charge in [0.2, 0.25) is 5.91 Å². The Hall–Kier alpha value is -4.36. The maximum atomic E-state index is 12.8. The van der Waals surface area contributed by atoms with Crippen molar-refractivity contribution in [2.24, 2.45) is 0 Å². The van der Waals surface area contributed by atoms with Crippen molar-refractivity contribution in [2.75, 3.05) is 19.0 Å². The lowest BCUT2D eigenvalue weighted by molar-refractivity contribution is -0.111. The van der Waals surface area contributed by atoms with E-state index in [0.717, 1.165) is 22.4 Å². The van der Waals surface area contributed by atoms with Gasteiger partial charge in [-0.2, -0.15) is 0 Å². The molecule has 1 aromatic heterocycles. The molecule has 37 heavy (non-hydrogen) atoms. The highest BCUT2D eigenvalue weighted by Gasteiger charge is 2.22. The average Bonchev–Trinajstić information content (AvgIpc) is 3.35. The first-order chi connectivity index (χ1) is 18.1. The number of thiophene rings is 1. The van der Waals surface area contributed by atoms with Crippen molar-refractivity contribution in [3.05, 3.63) is 107 Å². The normalized spacial score (nSPS) is 10.8. The van der Waals surface area contributed by atoms with E-state index in [1.54, 1.807) is 20.1 Å². The third-order valence-corrected chi connectivity index (χ3v) is 6.36. The lowest BCUT2D eigenvalue weighted by Crippen LogP contribution is -2.12. The lowest BCUT2D eigenvalue weighted by Gasteiger charge is -2.08. The summed E-state index contributed by atoms with van der Waals surface area (Å²) in [5.41, 5.74) is 3.79. The zero-order chi connectivity index (χ0) is 26.0. The van der Waals surface area contributed by atoms with Crippen LogP contribution < -0.4 is 14.8 Å². The molecule has 188 valence electrons. The van der Waals surface area contributed by atoms with Crippen LogP contribution in [0.4, 0.5) is 5.00 Å². The van der Waals surface area contributed by atoms with Crippen molar-refractivity contribution >= 4 is 34.3 Å². The molecule has 1 amide bonds. The molecule has 4 aromatic rings. The number of benzene rings is 3. The van der Waals surface area contributed by atoms with Crippen molar-refractivity contribution in [3.8, 4) is 22.6 Å². The van der Waals surface area contributed by atoms with E-state index in [4.69, 9.17) is 14.2 Å². The molecule has 0 aliphatic rings. The summed E-state index contributed by atoms with van der Waals surface area (Å²) in [5, 5.41) is 5.09. The monoisotopic (exact) mass is 513 g/mol. The van der Waals surface area contributed by atoms with Gasteiger partial charge in [0.05, 0.1) is 13.7 Å². The topological polar surface area (TPSA) is 73.9 Å². The van der Waals surface area contributed by atoms with Crippen molar-refractivity contribution in [2.45, 2.75) is 13.5 Å². The van der Waals surface area contributed by atoms with E-state index >= 15 is 0 Å². The smallest absolute Gasteiger partial charge is 0.341 e. The number of nitrogens with one attached hydrogen (secondary N) is 1. The van der Waals surface area contributed by atoms with Gasteiger partial charge < -0.3 is 19.5 Å². The first-order valence-corrected chi connectivity index (χ1v) is 12.6. The van der Waals surface area contributed by atoms with Gasteiger partial charge in [0.25, 0.3) is 0 Å². The van der Waals surface area contributed by atoms with E-state index in [2.05, 4.69) is 5.32 Å². The Morgan fingerprint density at radius 3 is 2.30 bits per heavy atom. The molecule has 0 fully saturated rings. The van der Waals surface area contributed by atoms with E-state index in [9.17, 15) is 9.59 Å². The van der Waals surface area contributed by atoms with Crippen LogP contribution in [0.3, 0.4) is 0 Å². The van der Waals surface area contributed by atoms with Gasteiger partial charge in [-0.25, -0.2) is 4.79 Å². The molecule has 0 bridgehead atoms. The Bertz CT molecular complexity index is 1360. The Balaban J connectivity index is 1.43. The van der Waals surface area contributed by atoms with Crippen LogP contribution >= 0.6 is 11.3 Å². The van der Waals surface area contributed by atoms with Gasteiger partial charge in [-0.05, 0) is 54.0 Å². The molecule has 0 saturated heterocycles. The van der Waals surface area contributed by atoms with Gasteiger partial charge in [-0.15, -0.1) is 11.3 Å². The Kier molecular flexibility index (Phi) is 8.73. The summed E-state index contributed by atoms with van der Waals surface area (Å²) in [7, 11) is 1.60. The maximum absolute atomic E-state index is 12.8. The quantitative estimate of drug-likeness (QED) is 0.186. The van der Waals surface area contributed by atoms with Crippen molar-refractivity contribution in [1.29, 1.82) is 0 Å². The third-order valence-electron chi connectivity index (χ3n) is 5.46. The number of hydrogen-bond acceptors (Lipinski definition) is 6. The first-order valence-electron chi connectivity index (χ1n) is 11.8. The largest absolute Gasteiger partial charge is 0.497 e. The number of esters is 1. The van der Waals surface area contributed by atoms with Crippen LogP contribution in [-0.4, -0.2) is 25.6 Å². The molecular weight excluding hydrogens is 486 g/mol. The minimum absolute atomic E-state index is 0.231. The molecule has 1 N–H and O–H groups in total. The minimum Gasteiger partial charge on any atom is -0.497 e. The number of carbonyl (C=O) groups excluding carboxylic acids is 2. The van der Waals surface area contributed by atoms with Gasteiger partial charge in [0.15, 0.2) is 0 Å². The fraction of sp³-hybridized carbons (Fsp3) is 0.133. The van der Waals surface area contributed by atoms with Crippen LogP contribution in [0.15, 0.2) is 90.3 Å². The fourth-order valence-corrected chi connectivity index (χ4v) is 4.54. The van der Waals surface area contributed by atoms with Crippen LogP contribution in [0, 0.1) is 0 Å². The van der Waals surface area contributed by atoms with E-state index in [-0.39, 0.29) is 12.5 Å². The highest BCUT2D eigenvalue weighted by molar-refractivity contribution is 7.15. The number of methoxy groups -OCH3 is 1.